The van der Waals surface area contributed by atoms with Gasteiger partial charge in [-0.25, -0.2) is 0 Å². The number of Topliss-reactive ketones (excluding diaryl/α,β-unsaturated/α-hetero) is 1. The molecule has 0 amide bonds. The summed E-state index contributed by atoms with van der Waals surface area (Å²) in [5.41, 5.74) is 2.90. The van der Waals surface area contributed by atoms with Crippen LogP contribution in [0.1, 0.15) is 39.0 Å². The number of hydrogen-bond acceptors (Lipinski definition) is 3. The molecule has 0 unspecified atom stereocenters. The van der Waals surface area contributed by atoms with Crippen LogP contribution in [0, 0.1) is 65.1 Å². The first-order valence-corrected chi connectivity index (χ1v) is 10.6. The first-order chi connectivity index (χ1) is 12.2. The Morgan fingerprint density at radius 2 is 1.80 bits per heavy atom. The molecule has 0 N–H and O–H groups in total. The lowest BCUT2D eigenvalue weighted by Crippen LogP contribution is -2.30. The molecular weight excluding hydrogens is 312 g/mol. The van der Waals surface area contributed by atoms with Gasteiger partial charge in [0, 0.05) is 18.8 Å². The first kappa shape index (κ1) is 14.0. The molecule has 0 saturated heterocycles. The summed E-state index contributed by atoms with van der Waals surface area (Å²) >= 11 is 0. The smallest absolute Gasteiger partial charge is 0.302 e. The number of esters is 1. The zero-order chi connectivity index (χ0) is 16.6. The van der Waals surface area contributed by atoms with E-state index in [1.807, 2.05) is 0 Å². The van der Waals surface area contributed by atoms with Crippen molar-refractivity contribution in [1.82, 2.24) is 0 Å². The Kier molecular flexibility index (Phi) is 2.37. The summed E-state index contributed by atoms with van der Waals surface area (Å²) in [5.74, 6) is 7.98. The third kappa shape index (κ3) is 1.32. The number of carbonyl (C=O) groups excluding carboxylic acids is 2. The van der Waals surface area contributed by atoms with Crippen molar-refractivity contribution in [2.45, 2.75) is 39.0 Å². The van der Waals surface area contributed by atoms with E-state index in [0.29, 0.717) is 47.9 Å². The number of fused-ring (bicyclic) bond motifs is 5. The molecule has 0 bridgehead atoms. The number of hydrogen-bond donors (Lipinski definition) is 0. The lowest BCUT2D eigenvalue weighted by Gasteiger charge is -2.31. The van der Waals surface area contributed by atoms with Gasteiger partial charge in [-0.15, -0.1) is 0 Å². The SMILES string of the molecule is CC(=O)OC[C@@H]1[C@H]2[C@H]3CCC[C@@H]3[C@H]3[C@H]4C(=O)C5=C6[C@H]4[C@H]([C@H]23)[C@@H]1[C@@H]6CC5. The average Bonchev–Trinajstić information content (AvgIpc) is 3.33. The van der Waals surface area contributed by atoms with Gasteiger partial charge in [0.25, 0.3) is 0 Å². The lowest BCUT2D eigenvalue weighted by atomic mass is 9.75. The molecule has 11 atom stereocenters. The van der Waals surface area contributed by atoms with Gasteiger partial charge in [-0.05, 0) is 84.5 Å². The molecule has 3 nitrogen and oxygen atoms in total. The number of carbonyl (C=O) groups is 2. The van der Waals surface area contributed by atoms with Crippen molar-refractivity contribution >= 4 is 11.8 Å². The minimum absolute atomic E-state index is 0.118. The maximum absolute atomic E-state index is 13.3. The van der Waals surface area contributed by atoms with Gasteiger partial charge in [0.15, 0.2) is 5.78 Å². The van der Waals surface area contributed by atoms with Crippen molar-refractivity contribution in [3.8, 4) is 0 Å². The van der Waals surface area contributed by atoms with Crippen molar-refractivity contribution in [1.29, 1.82) is 0 Å². The normalized spacial score (nSPS) is 58.4. The predicted molar refractivity (Wildman–Crippen MR) is 90.1 cm³/mol. The van der Waals surface area contributed by atoms with Crippen molar-refractivity contribution in [2.75, 3.05) is 6.61 Å². The van der Waals surface area contributed by atoms with E-state index in [-0.39, 0.29) is 5.97 Å². The van der Waals surface area contributed by atoms with E-state index in [1.165, 1.54) is 31.3 Å². The Bertz CT molecular complexity index is 750. The van der Waals surface area contributed by atoms with E-state index in [0.717, 1.165) is 36.0 Å². The van der Waals surface area contributed by atoms with Crippen LogP contribution in [0.5, 0.6) is 0 Å². The molecule has 0 heterocycles. The van der Waals surface area contributed by atoms with E-state index in [2.05, 4.69) is 0 Å². The fourth-order valence-corrected chi connectivity index (χ4v) is 10.1. The molecular formula is C22H26O3. The third-order valence-electron chi connectivity index (χ3n) is 9.95. The Morgan fingerprint density at radius 1 is 1.00 bits per heavy atom. The molecule has 0 aromatic heterocycles. The molecule has 25 heavy (non-hydrogen) atoms. The van der Waals surface area contributed by atoms with Gasteiger partial charge in [0.05, 0.1) is 6.61 Å². The number of rotatable bonds is 2. The Labute approximate surface area is 148 Å². The van der Waals surface area contributed by atoms with Gasteiger partial charge in [0.2, 0.25) is 0 Å². The molecule has 0 aromatic rings. The summed E-state index contributed by atoms with van der Waals surface area (Å²) in [5, 5.41) is 0. The fraction of sp³-hybridized carbons (Fsp3) is 0.818. The van der Waals surface area contributed by atoms with Gasteiger partial charge in [-0.1, -0.05) is 12.0 Å². The Morgan fingerprint density at radius 3 is 2.60 bits per heavy atom. The molecule has 132 valence electrons. The monoisotopic (exact) mass is 338 g/mol. The second kappa shape index (κ2) is 4.23. The molecule has 7 aliphatic carbocycles. The number of ether oxygens (including phenoxy) is 1. The standard InChI is InChI=1S/C22H26O3/c1-8(23)25-7-13-14-9-3-2-4-10(9)17-18(14)19-16(13)11-5-6-12-15(11)20(19)21(17)22(12)24/h9-11,13-14,16-21H,2-7H2,1H3/t9-,10-,11+,13+,14+,16+,17+,18+,19-,20-,21+/m0/s1. The molecule has 0 spiro atoms. The van der Waals surface area contributed by atoms with Crippen molar-refractivity contribution in [3.63, 3.8) is 0 Å². The zero-order valence-corrected chi connectivity index (χ0v) is 14.8. The topological polar surface area (TPSA) is 43.4 Å². The Hall–Kier alpha value is -1.12. The number of allylic oxidation sites excluding steroid dienone is 2. The van der Waals surface area contributed by atoms with Crippen LogP contribution in [0.2, 0.25) is 0 Å². The van der Waals surface area contributed by atoms with Crippen LogP contribution in [-0.2, 0) is 14.3 Å². The largest absolute Gasteiger partial charge is 0.466 e. The predicted octanol–water partition coefficient (Wildman–Crippen LogP) is 3.24. The number of ketones is 1. The van der Waals surface area contributed by atoms with E-state index >= 15 is 0 Å². The van der Waals surface area contributed by atoms with E-state index < -0.39 is 0 Å². The summed E-state index contributed by atoms with van der Waals surface area (Å²) in [7, 11) is 0. The van der Waals surface area contributed by atoms with Crippen LogP contribution >= 0.6 is 0 Å². The highest BCUT2D eigenvalue weighted by atomic mass is 16.5. The summed E-state index contributed by atoms with van der Waals surface area (Å²) in [4.78, 5) is 24.8. The van der Waals surface area contributed by atoms with Gasteiger partial charge < -0.3 is 4.74 Å². The van der Waals surface area contributed by atoms with Gasteiger partial charge in [0.1, 0.15) is 0 Å². The minimum atomic E-state index is -0.118. The van der Waals surface area contributed by atoms with Crippen LogP contribution in [0.3, 0.4) is 0 Å². The van der Waals surface area contributed by atoms with Crippen molar-refractivity contribution < 1.29 is 14.3 Å². The quantitative estimate of drug-likeness (QED) is 0.726. The van der Waals surface area contributed by atoms with Gasteiger partial charge in [-0.3, -0.25) is 9.59 Å². The highest BCUT2D eigenvalue weighted by molar-refractivity contribution is 6.03. The van der Waals surface area contributed by atoms with Crippen LogP contribution in [0.15, 0.2) is 11.1 Å². The molecule has 0 radical (unpaired) electrons. The second-order valence-electron chi connectivity index (χ2n) is 10.1. The van der Waals surface area contributed by atoms with E-state index in [4.69, 9.17) is 4.74 Å². The first-order valence-electron chi connectivity index (χ1n) is 10.6. The van der Waals surface area contributed by atoms with Gasteiger partial charge >= 0.3 is 5.97 Å². The molecule has 0 aromatic carbocycles. The second-order valence-corrected chi connectivity index (χ2v) is 10.1. The molecule has 5 saturated carbocycles. The summed E-state index contributed by atoms with van der Waals surface area (Å²) in [6, 6.07) is 0. The Balaban J connectivity index is 1.40. The maximum atomic E-state index is 13.3. The van der Waals surface area contributed by atoms with E-state index in [1.54, 1.807) is 12.5 Å². The molecule has 7 rings (SSSR count). The molecule has 5 fully saturated rings. The summed E-state index contributed by atoms with van der Waals surface area (Å²) < 4.78 is 5.63. The van der Waals surface area contributed by atoms with E-state index in [9.17, 15) is 9.59 Å². The minimum Gasteiger partial charge on any atom is -0.466 e. The lowest BCUT2D eigenvalue weighted by molar-refractivity contribution is -0.143. The zero-order valence-electron chi connectivity index (χ0n) is 14.8. The highest BCUT2D eigenvalue weighted by Gasteiger charge is 2.78. The summed E-state index contributed by atoms with van der Waals surface area (Å²) in [6.07, 6.45) is 6.32. The third-order valence-corrected chi connectivity index (χ3v) is 9.95. The van der Waals surface area contributed by atoms with Crippen molar-refractivity contribution in [2.24, 2.45) is 65.1 Å². The molecule has 0 aliphatic heterocycles. The molecule has 3 heteroatoms. The summed E-state index contributed by atoms with van der Waals surface area (Å²) in [6.45, 7) is 2.21. The van der Waals surface area contributed by atoms with Crippen LogP contribution in [0.25, 0.3) is 0 Å². The van der Waals surface area contributed by atoms with Crippen molar-refractivity contribution in [3.05, 3.63) is 11.1 Å². The van der Waals surface area contributed by atoms with Gasteiger partial charge in [-0.2, -0.15) is 0 Å². The fourth-order valence-electron chi connectivity index (χ4n) is 10.1. The van der Waals surface area contributed by atoms with Crippen LogP contribution in [0.4, 0.5) is 0 Å². The highest BCUT2D eigenvalue weighted by Crippen LogP contribution is 2.81. The van der Waals surface area contributed by atoms with Crippen LogP contribution < -0.4 is 0 Å². The maximum Gasteiger partial charge on any atom is 0.302 e. The van der Waals surface area contributed by atoms with Crippen LogP contribution in [-0.4, -0.2) is 18.4 Å². The molecule has 7 aliphatic rings. The average molecular weight is 338 g/mol.